The summed E-state index contributed by atoms with van der Waals surface area (Å²) in [6.07, 6.45) is 0. The molecule has 1 heterocycles. The number of nitrogens with zero attached hydrogens (tertiary/aromatic N) is 1. The van der Waals surface area contributed by atoms with Gasteiger partial charge in [0.15, 0.2) is 0 Å². The molecule has 0 unspecified atom stereocenters. The lowest BCUT2D eigenvalue weighted by Gasteiger charge is -2.06. The molecular formula is C19H17F2N3O3. The summed E-state index contributed by atoms with van der Waals surface area (Å²) in [7, 11) is 0. The van der Waals surface area contributed by atoms with Crippen LogP contribution in [0, 0.1) is 0 Å². The molecule has 140 valence electrons. The van der Waals surface area contributed by atoms with Crippen LogP contribution in [0.3, 0.4) is 0 Å². The third kappa shape index (κ3) is 4.81. The minimum atomic E-state index is -2.88. The molecule has 0 aliphatic carbocycles. The van der Waals surface area contributed by atoms with Gasteiger partial charge in [0.1, 0.15) is 17.2 Å². The number of benzene rings is 2. The molecule has 0 bridgehead atoms. The highest BCUT2D eigenvalue weighted by Crippen LogP contribution is 2.23. The number of anilines is 1. The van der Waals surface area contributed by atoms with E-state index >= 15 is 0 Å². The van der Waals surface area contributed by atoms with Crippen molar-refractivity contribution >= 4 is 11.6 Å². The van der Waals surface area contributed by atoms with E-state index in [2.05, 4.69) is 20.3 Å². The molecule has 1 aromatic heterocycles. The Bertz CT molecular complexity index is 893. The number of aromatic amines is 1. The SMILES string of the molecule is CCOc1ccc(NC(=O)c2cc(-c3ccc(OC(F)F)cc3)n[nH]2)cc1. The highest BCUT2D eigenvalue weighted by molar-refractivity contribution is 6.03. The first kappa shape index (κ1) is 18.4. The van der Waals surface area contributed by atoms with Crippen molar-refractivity contribution in [2.45, 2.75) is 13.5 Å². The monoisotopic (exact) mass is 373 g/mol. The first-order chi connectivity index (χ1) is 13.0. The van der Waals surface area contributed by atoms with E-state index in [-0.39, 0.29) is 17.4 Å². The second-order valence-corrected chi connectivity index (χ2v) is 5.48. The van der Waals surface area contributed by atoms with E-state index < -0.39 is 6.61 Å². The van der Waals surface area contributed by atoms with Gasteiger partial charge in [0.2, 0.25) is 0 Å². The molecule has 0 atom stereocenters. The maximum Gasteiger partial charge on any atom is 0.387 e. The summed E-state index contributed by atoms with van der Waals surface area (Å²) in [5.74, 6) is 0.423. The van der Waals surface area contributed by atoms with E-state index in [1.54, 1.807) is 42.5 Å². The molecule has 8 heteroatoms. The highest BCUT2D eigenvalue weighted by atomic mass is 19.3. The summed E-state index contributed by atoms with van der Waals surface area (Å²) >= 11 is 0. The summed E-state index contributed by atoms with van der Waals surface area (Å²) in [4.78, 5) is 12.3. The van der Waals surface area contributed by atoms with Crippen LogP contribution < -0.4 is 14.8 Å². The molecule has 0 aliphatic rings. The average molecular weight is 373 g/mol. The molecule has 2 aromatic carbocycles. The molecule has 0 saturated heterocycles. The van der Waals surface area contributed by atoms with Crippen molar-refractivity contribution in [3.63, 3.8) is 0 Å². The number of nitrogens with one attached hydrogen (secondary N) is 2. The van der Waals surface area contributed by atoms with E-state index in [0.717, 1.165) is 5.75 Å². The van der Waals surface area contributed by atoms with Crippen molar-refractivity contribution in [3.8, 4) is 22.8 Å². The van der Waals surface area contributed by atoms with Gasteiger partial charge in [0.05, 0.1) is 12.3 Å². The quantitative estimate of drug-likeness (QED) is 0.646. The van der Waals surface area contributed by atoms with Gasteiger partial charge in [0, 0.05) is 11.3 Å². The number of aromatic nitrogens is 2. The number of H-pyrrole nitrogens is 1. The zero-order chi connectivity index (χ0) is 19.2. The molecule has 27 heavy (non-hydrogen) atoms. The fraction of sp³-hybridized carbons (Fsp3) is 0.158. The van der Waals surface area contributed by atoms with Crippen molar-refractivity contribution < 1.29 is 23.0 Å². The lowest BCUT2D eigenvalue weighted by atomic mass is 10.1. The molecule has 0 spiro atoms. The number of carbonyl (C=O) groups is 1. The highest BCUT2D eigenvalue weighted by Gasteiger charge is 2.12. The molecule has 0 aliphatic heterocycles. The maximum absolute atomic E-state index is 12.3. The Hall–Kier alpha value is -3.42. The third-order valence-electron chi connectivity index (χ3n) is 3.62. The zero-order valence-corrected chi connectivity index (χ0v) is 14.4. The zero-order valence-electron chi connectivity index (χ0n) is 14.4. The summed E-state index contributed by atoms with van der Waals surface area (Å²) in [6, 6.07) is 14.6. The van der Waals surface area contributed by atoms with Crippen LogP contribution >= 0.6 is 0 Å². The number of rotatable bonds is 7. The van der Waals surface area contributed by atoms with Crippen molar-refractivity contribution in [2.75, 3.05) is 11.9 Å². The number of amides is 1. The molecule has 1 amide bonds. The Morgan fingerprint density at radius 2 is 1.78 bits per heavy atom. The van der Waals surface area contributed by atoms with Gasteiger partial charge in [-0.15, -0.1) is 0 Å². The van der Waals surface area contributed by atoms with Gasteiger partial charge in [0.25, 0.3) is 5.91 Å². The molecule has 3 aromatic rings. The maximum atomic E-state index is 12.3. The van der Waals surface area contributed by atoms with E-state index in [1.807, 2.05) is 6.92 Å². The smallest absolute Gasteiger partial charge is 0.387 e. The fourth-order valence-electron chi connectivity index (χ4n) is 2.39. The van der Waals surface area contributed by atoms with Gasteiger partial charge < -0.3 is 14.8 Å². The van der Waals surface area contributed by atoms with Crippen molar-refractivity contribution in [2.24, 2.45) is 0 Å². The molecular weight excluding hydrogens is 356 g/mol. The predicted octanol–water partition coefficient (Wildman–Crippen LogP) is 4.33. The average Bonchev–Trinajstić information content (AvgIpc) is 3.14. The Kier molecular flexibility index (Phi) is 5.65. The number of hydrogen-bond acceptors (Lipinski definition) is 4. The number of hydrogen-bond donors (Lipinski definition) is 2. The van der Waals surface area contributed by atoms with Gasteiger partial charge in [-0.1, -0.05) is 0 Å². The van der Waals surface area contributed by atoms with Crippen molar-refractivity contribution in [1.29, 1.82) is 0 Å². The van der Waals surface area contributed by atoms with E-state index in [4.69, 9.17) is 4.74 Å². The van der Waals surface area contributed by atoms with Gasteiger partial charge in [-0.3, -0.25) is 9.89 Å². The normalized spacial score (nSPS) is 10.7. The fourth-order valence-corrected chi connectivity index (χ4v) is 2.39. The van der Waals surface area contributed by atoms with Crippen LogP contribution in [0.5, 0.6) is 11.5 Å². The number of halogens is 2. The topological polar surface area (TPSA) is 76.2 Å². The Morgan fingerprint density at radius 1 is 1.11 bits per heavy atom. The first-order valence-electron chi connectivity index (χ1n) is 8.20. The Balaban J connectivity index is 1.66. The van der Waals surface area contributed by atoms with Crippen LogP contribution in [0.2, 0.25) is 0 Å². The minimum Gasteiger partial charge on any atom is -0.494 e. The van der Waals surface area contributed by atoms with Crippen LogP contribution in [0.4, 0.5) is 14.5 Å². The summed E-state index contributed by atoms with van der Waals surface area (Å²) in [6.45, 7) is -0.415. The van der Waals surface area contributed by atoms with Gasteiger partial charge >= 0.3 is 6.61 Å². The van der Waals surface area contributed by atoms with Gasteiger partial charge in [-0.2, -0.15) is 13.9 Å². The second-order valence-electron chi connectivity index (χ2n) is 5.48. The predicted molar refractivity (Wildman–Crippen MR) is 96.2 cm³/mol. The summed E-state index contributed by atoms with van der Waals surface area (Å²) in [5.41, 5.74) is 2.06. The van der Waals surface area contributed by atoms with Crippen molar-refractivity contribution in [3.05, 3.63) is 60.3 Å². The lowest BCUT2D eigenvalue weighted by Crippen LogP contribution is -2.12. The van der Waals surface area contributed by atoms with Crippen LogP contribution in [0.15, 0.2) is 54.6 Å². The molecule has 2 N–H and O–H groups in total. The van der Waals surface area contributed by atoms with E-state index in [1.165, 1.54) is 12.1 Å². The molecule has 0 saturated carbocycles. The molecule has 6 nitrogen and oxygen atoms in total. The molecule has 0 fully saturated rings. The second kappa shape index (κ2) is 8.31. The van der Waals surface area contributed by atoms with Crippen LogP contribution in [-0.4, -0.2) is 29.3 Å². The van der Waals surface area contributed by atoms with E-state index in [0.29, 0.717) is 23.6 Å². The first-order valence-corrected chi connectivity index (χ1v) is 8.20. The summed E-state index contributed by atoms with van der Waals surface area (Å²) < 4.78 is 34.0. The van der Waals surface area contributed by atoms with Crippen LogP contribution in [-0.2, 0) is 0 Å². The summed E-state index contributed by atoms with van der Waals surface area (Å²) in [5, 5.41) is 9.50. The Morgan fingerprint density at radius 3 is 2.41 bits per heavy atom. The Labute approximate surface area is 154 Å². The van der Waals surface area contributed by atoms with Crippen molar-refractivity contribution in [1.82, 2.24) is 10.2 Å². The molecule has 0 radical (unpaired) electrons. The number of alkyl halides is 2. The van der Waals surface area contributed by atoms with E-state index in [9.17, 15) is 13.6 Å². The number of carbonyl (C=O) groups excluding carboxylic acids is 1. The largest absolute Gasteiger partial charge is 0.494 e. The molecule has 3 rings (SSSR count). The minimum absolute atomic E-state index is 0.0535. The standard InChI is InChI=1S/C19H17F2N3O3/c1-2-26-14-9-5-13(6-10-14)22-18(25)17-11-16(23-24-17)12-3-7-15(8-4-12)27-19(20)21/h3-11,19H,2H2,1H3,(H,22,25)(H,23,24). The van der Waals surface area contributed by atoms with Crippen LogP contribution in [0.25, 0.3) is 11.3 Å². The third-order valence-corrected chi connectivity index (χ3v) is 3.62. The van der Waals surface area contributed by atoms with Gasteiger partial charge in [-0.25, -0.2) is 0 Å². The van der Waals surface area contributed by atoms with Gasteiger partial charge in [-0.05, 0) is 61.5 Å². The van der Waals surface area contributed by atoms with Crippen LogP contribution in [0.1, 0.15) is 17.4 Å². The lowest BCUT2D eigenvalue weighted by molar-refractivity contribution is -0.0498. The number of ether oxygens (including phenoxy) is 2.